The highest BCUT2D eigenvalue weighted by atomic mass is 16.6. The molecule has 8 heteroatoms. The first-order valence-electron chi connectivity index (χ1n) is 8.13. The Kier molecular flexibility index (Phi) is 6.10. The van der Waals surface area contributed by atoms with Crippen molar-refractivity contribution < 1.29 is 19.2 Å². The number of urea groups is 1. The number of carbonyl (C=O) groups is 2. The fourth-order valence-electron chi connectivity index (χ4n) is 2.60. The van der Waals surface area contributed by atoms with Crippen LogP contribution in [0.1, 0.15) is 44.7 Å². The number of hydrogen-bond acceptors (Lipinski definition) is 5. The molecule has 0 radical (unpaired) electrons. The second kappa shape index (κ2) is 8.27. The van der Waals surface area contributed by atoms with Crippen LogP contribution in [0.2, 0.25) is 0 Å². The molecule has 25 heavy (non-hydrogen) atoms. The molecule has 1 aliphatic rings. The summed E-state index contributed by atoms with van der Waals surface area (Å²) in [5.41, 5.74) is 1.21. The van der Waals surface area contributed by atoms with Crippen molar-refractivity contribution in [2.45, 2.75) is 39.2 Å². The van der Waals surface area contributed by atoms with Gasteiger partial charge in [0.2, 0.25) is 0 Å². The van der Waals surface area contributed by atoms with Gasteiger partial charge in [0.15, 0.2) is 0 Å². The van der Waals surface area contributed by atoms with E-state index in [0.717, 1.165) is 19.3 Å². The van der Waals surface area contributed by atoms with Crippen molar-refractivity contribution in [1.82, 2.24) is 10.6 Å². The molecule has 2 N–H and O–H groups in total. The molecule has 0 unspecified atom stereocenters. The number of non-ortho nitro benzene ring substituents is 1. The first kappa shape index (κ1) is 18.4. The van der Waals surface area contributed by atoms with Gasteiger partial charge in [-0.25, -0.2) is 9.59 Å². The van der Waals surface area contributed by atoms with E-state index in [1.54, 1.807) is 6.92 Å². The van der Waals surface area contributed by atoms with Gasteiger partial charge >= 0.3 is 12.0 Å². The first-order chi connectivity index (χ1) is 11.9. The highest BCUT2D eigenvalue weighted by Gasteiger charge is 2.32. The van der Waals surface area contributed by atoms with Crippen LogP contribution in [0, 0.1) is 10.1 Å². The molecule has 0 fully saturated rings. The standard InChI is InChI=1S/C17H21N3O5/c1-3-4-5-10-25-16(21)14-11(2)18-17(22)19-15(14)12-6-8-13(9-7-12)20(23)24/h6-9,15H,3-5,10H2,1-2H3,(H2,18,19,22)/t15-/m1/s1. The van der Waals surface area contributed by atoms with Gasteiger partial charge in [-0.3, -0.25) is 10.1 Å². The lowest BCUT2D eigenvalue weighted by atomic mass is 9.95. The lowest BCUT2D eigenvalue weighted by Crippen LogP contribution is -2.45. The van der Waals surface area contributed by atoms with Crippen molar-refractivity contribution in [3.05, 3.63) is 51.2 Å². The SMILES string of the molecule is CCCCCOC(=O)C1=C(C)NC(=O)N[C@@H]1c1ccc([N+](=O)[O-])cc1. The minimum Gasteiger partial charge on any atom is -0.462 e. The van der Waals surface area contributed by atoms with Crippen LogP contribution < -0.4 is 10.6 Å². The van der Waals surface area contributed by atoms with Gasteiger partial charge < -0.3 is 15.4 Å². The summed E-state index contributed by atoms with van der Waals surface area (Å²) in [6.07, 6.45) is 2.75. The Morgan fingerprint density at radius 1 is 1.28 bits per heavy atom. The zero-order valence-electron chi connectivity index (χ0n) is 14.2. The molecule has 8 nitrogen and oxygen atoms in total. The average Bonchev–Trinajstić information content (AvgIpc) is 2.58. The Morgan fingerprint density at radius 3 is 2.56 bits per heavy atom. The number of esters is 1. The number of amides is 2. The number of unbranched alkanes of at least 4 members (excludes halogenated alkanes) is 2. The summed E-state index contributed by atoms with van der Waals surface area (Å²) in [5, 5.41) is 16.0. The maximum Gasteiger partial charge on any atom is 0.338 e. The predicted octanol–water partition coefficient (Wildman–Crippen LogP) is 2.96. The summed E-state index contributed by atoms with van der Waals surface area (Å²) in [6, 6.07) is 4.56. The number of nitrogens with zero attached hydrogens (tertiary/aromatic N) is 1. The maximum absolute atomic E-state index is 12.5. The molecule has 2 rings (SSSR count). The van der Waals surface area contributed by atoms with Crippen molar-refractivity contribution in [2.24, 2.45) is 0 Å². The number of rotatable bonds is 7. The third kappa shape index (κ3) is 4.56. The smallest absolute Gasteiger partial charge is 0.338 e. The fourth-order valence-corrected chi connectivity index (χ4v) is 2.60. The molecule has 0 aliphatic carbocycles. The Hall–Kier alpha value is -2.90. The van der Waals surface area contributed by atoms with E-state index in [0.29, 0.717) is 23.4 Å². The van der Waals surface area contributed by atoms with Crippen LogP contribution in [-0.2, 0) is 9.53 Å². The Balaban J connectivity index is 2.23. The second-order valence-electron chi connectivity index (χ2n) is 5.76. The molecule has 1 aromatic carbocycles. The highest BCUT2D eigenvalue weighted by molar-refractivity contribution is 5.95. The summed E-state index contributed by atoms with van der Waals surface area (Å²) < 4.78 is 5.31. The number of nitro benzene ring substituents is 1. The van der Waals surface area contributed by atoms with Crippen LogP contribution in [0.15, 0.2) is 35.5 Å². The largest absolute Gasteiger partial charge is 0.462 e. The van der Waals surface area contributed by atoms with E-state index in [-0.39, 0.29) is 5.69 Å². The lowest BCUT2D eigenvalue weighted by Gasteiger charge is -2.28. The van der Waals surface area contributed by atoms with Crippen LogP contribution in [-0.4, -0.2) is 23.5 Å². The molecular weight excluding hydrogens is 326 g/mol. The minimum atomic E-state index is -0.715. The van der Waals surface area contributed by atoms with Gasteiger partial charge in [0, 0.05) is 17.8 Å². The quantitative estimate of drug-likeness (QED) is 0.341. The molecule has 0 aromatic heterocycles. The topological polar surface area (TPSA) is 111 Å². The zero-order chi connectivity index (χ0) is 18.4. The van der Waals surface area contributed by atoms with Crippen LogP contribution >= 0.6 is 0 Å². The van der Waals surface area contributed by atoms with Gasteiger partial charge in [0.1, 0.15) is 0 Å². The van der Waals surface area contributed by atoms with Gasteiger partial charge in [-0.15, -0.1) is 0 Å². The Labute approximate surface area is 145 Å². The molecular formula is C17H21N3O5. The highest BCUT2D eigenvalue weighted by Crippen LogP contribution is 2.28. The summed E-state index contributed by atoms with van der Waals surface area (Å²) in [7, 11) is 0. The van der Waals surface area contributed by atoms with E-state index in [4.69, 9.17) is 4.74 Å². The monoisotopic (exact) mass is 347 g/mol. The summed E-state index contributed by atoms with van der Waals surface area (Å²) in [5.74, 6) is -0.510. The van der Waals surface area contributed by atoms with Crippen molar-refractivity contribution in [3.8, 4) is 0 Å². The number of benzene rings is 1. The second-order valence-corrected chi connectivity index (χ2v) is 5.76. The Bertz CT molecular complexity index is 697. The number of nitrogens with one attached hydrogen (secondary N) is 2. The zero-order valence-corrected chi connectivity index (χ0v) is 14.2. The van der Waals surface area contributed by atoms with Crippen molar-refractivity contribution in [1.29, 1.82) is 0 Å². The number of carbonyl (C=O) groups excluding carboxylic acids is 2. The van der Waals surface area contributed by atoms with E-state index < -0.39 is 23.0 Å². The third-order valence-corrected chi connectivity index (χ3v) is 3.91. The molecule has 0 saturated heterocycles. The normalized spacial score (nSPS) is 16.9. The first-order valence-corrected chi connectivity index (χ1v) is 8.13. The van der Waals surface area contributed by atoms with Gasteiger partial charge in [0.25, 0.3) is 5.69 Å². The number of hydrogen-bond donors (Lipinski definition) is 2. The molecule has 134 valence electrons. The maximum atomic E-state index is 12.5. The molecule has 1 aliphatic heterocycles. The van der Waals surface area contributed by atoms with E-state index in [1.165, 1.54) is 24.3 Å². The number of ether oxygens (including phenoxy) is 1. The van der Waals surface area contributed by atoms with Crippen LogP contribution in [0.3, 0.4) is 0 Å². The molecule has 0 spiro atoms. The van der Waals surface area contributed by atoms with Crippen LogP contribution in [0.4, 0.5) is 10.5 Å². The van der Waals surface area contributed by atoms with E-state index >= 15 is 0 Å². The summed E-state index contributed by atoms with van der Waals surface area (Å²) in [6.45, 7) is 3.99. The van der Waals surface area contributed by atoms with Gasteiger partial charge in [-0.2, -0.15) is 0 Å². The fraction of sp³-hybridized carbons (Fsp3) is 0.412. The van der Waals surface area contributed by atoms with E-state index in [2.05, 4.69) is 17.6 Å². The van der Waals surface area contributed by atoms with Gasteiger partial charge in [-0.05, 0) is 31.0 Å². The van der Waals surface area contributed by atoms with E-state index in [9.17, 15) is 19.7 Å². The molecule has 0 saturated carbocycles. The van der Waals surface area contributed by atoms with Gasteiger partial charge in [-0.1, -0.05) is 19.8 Å². The molecule has 0 bridgehead atoms. The molecule has 1 aromatic rings. The predicted molar refractivity (Wildman–Crippen MR) is 90.7 cm³/mol. The lowest BCUT2D eigenvalue weighted by molar-refractivity contribution is -0.384. The van der Waals surface area contributed by atoms with Gasteiger partial charge in [0.05, 0.1) is 23.1 Å². The Morgan fingerprint density at radius 2 is 1.96 bits per heavy atom. The van der Waals surface area contributed by atoms with E-state index in [1.807, 2.05) is 0 Å². The molecule has 2 amide bonds. The van der Waals surface area contributed by atoms with Crippen LogP contribution in [0.5, 0.6) is 0 Å². The van der Waals surface area contributed by atoms with Crippen LogP contribution in [0.25, 0.3) is 0 Å². The van der Waals surface area contributed by atoms with Crippen molar-refractivity contribution in [2.75, 3.05) is 6.61 Å². The summed E-state index contributed by atoms with van der Waals surface area (Å²) in [4.78, 5) is 34.5. The van der Waals surface area contributed by atoms with Crippen molar-refractivity contribution in [3.63, 3.8) is 0 Å². The molecule has 1 heterocycles. The summed E-state index contributed by atoms with van der Waals surface area (Å²) >= 11 is 0. The number of nitro groups is 1. The minimum absolute atomic E-state index is 0.0617. The van der Waals surface area contributed by atoms with Crippen molar-refractivity contribution >= 4 is 17.7 Å². The number of allylic oxidation sites excluding steroid dienone is 1. The third-order valence-electron chi connectivity index (χ3n) is 3.91. The molecule has 1 atom stereocenters. The average molecular weight is 347 g/mol.